The van der Waals surface area contributed by atoms with Crippen molar-refractivity contribution >= 4 is 17.5 Å². The molecule has 26 heavy (non-hydrogen) atoms. The van der Waals surface area contributed by atoms with E-state index in [2.05, 4.69) is 27.1 Å². The normalized spacial score (nSPS) is 17.0. The molecule has 1 aromatic heterocycles. The number of likely N-dealkylation sites (N-methyl/N-ethyl adjacent to an activating group) is 1. The number of nitrogens with zero attached hydrogens (tertiary/aromatic N) is 3. The van der Waals surface area contributed by atoms with Crippen molar-refractivity contribution in [2.45, 2.75) is 12.5 Å². The van der Waals surface area contributed by atoms with Crippen LogP contribution >= 0.6 is 11.6 Å². The van der Waals surface area contributed by atoms with Gasteiger partial charge in [-0.1, -0.05) is 29.8 Å². The van der Waals surface area contributed by atoms with Crippen LogP contribution < -0.4 is 5.32 Å². The predicted octanol–water partition coefficient (Wildman–Crippen LogP) is 2.58. The fourth-order valence-electron chi connectivity index (χ4n) is 3.13. The van der Waals surface area contributed by atoms with Gasteiger partial charge in [-0.15, -0.1) is 0 Å². The summed E-state index contributed by atoms with van der Waals surface area (Å²) < 4.78 is 0. The first kappa shape index (κ1) is 18.8. The maximum atomic E-state index is 12.6. The Morgan fingerprint density at radius 2 is 1.88 bits per heavy atom. The van der Waals surface area contributed by atoms with Crippen molar-refractivity contribution in [1.82, 2.24) is 20.1 Å². The Balaban J connectivity index is 1.63. The molecule has 0 spiro atoms. The van der Waals surface area contributed by atoms with Gasteiger partial charge in [0.05, 0.1) is 6.04 Å². The zero-order valence-electron chi connectivity index (χ0n) is 15.1. The van der Waals surface area contributed by atoms with E-state index in [0.717, 1.165) is 43.9 Å². The van der Waals surface area contributed by atoms with Crippen molar-refractivity contribution in [3.05, 3.63) is 64.9 Å². The van der Waals surface area contributed by atoms with Crippen LogP contribution in [0.3, 0.4) is 0 Å². The molecule has 1 atom stereocenters. The predicted molar refractivity (Wildman–Crippen MR) is 104 cm³/mol. The van der Waals surface area contributed by atoms with Gasteiger partial charge in [-0.25, -0.2) is 0 Å². The zero-order chi connectivity index (χ0) is 18.4. The third-order valence-corrected chi connectivity index (χ3v) is 5.03. The molecular weight excluding hydrogens is 348 g/mol. The molecule has 5 nitrogen and oxygen atoms in total. The maximum absolute atomic E-state index is 12.6. The number of rotatable bonds is 6. The Morgan fingerprint density at radius 3 is 2.54 bits per heavy atom. The Morgan fingerprint density at radius 1 is 1.15 bits per heavy atom. The number of benzene rings is 1. The molecule has 0 radical (unpaired) electrons. The van der Waals surface area contributed by atoms with Crippen LogP contribution in [0.15, 0.2) is 48.8 Å². The second-order valence-corrected chi connectivity index (χ2v) is 7.17. The van der Waals surface area contributed by atoms with Gasteiger partial charge in [-0.3, -0.25) is 9.78 Å². The summed E-state index contributed by atoms with van der Waals surface area (Å²) in [6.45, 7) is 4.95. The maximum Gasteiger partial charge on any atom is 0.222 e. The van der Waals surface area contributed by atoms with E-state index in [4.69, 9.17) is 11.6 Å². The van der Waals surface area contributed by atoms with E-state index in [0.29, 0.717) is 11.4 Å². The van der Waals surface area contributed by atoms with Gasteiger partial charge < -0.3 is 15.1 Å². The standard InChI is InChI=1S/C20H25ClN4O/c1-24-11-13-25(14-12-24)10-8-19(26)23-20(17-3-2-9-22-15-17)16-4-6-18(21)7-5-16/h2-7,9,15,20H,8,10-14H2,1H3,(H,23,26)/t20-/m1/s1. The molecular formula is C20H25ClN4O. The number of carbonyl (C=O) groups excluding carboxylic acids is 1. The van der Waals surface area contributed by atoms with Crippen molar-refractivity contribution in [1.29, 1.82) is 0 Å². The summed E-state index contributed by atoms with van der Waals surface area (Å²) >= 11 is 6.01. The van der Waals surface area contributed by atoms with Crippen LogP contribution in [0.4, 0.5) is 0 Å². The number of pyridine rings is 1. The van der Waals surface area contributed by atoms with E-state index in [9.17, 15) is 4.79 Å². The lowest BCUT2D eigenvalue weighted by Crippen LogP contribution is -2.45. The lowest BCUT2D eigenvalue weighted by atomic mass is 10.00. The molecule has 0 saturated carbocycles. The number of halogens is 1. The third kappa shape index (κ3) is 5.27. The van der Waals surface area contributed by atoms with E-state index in [-0.39, 0.29) is 11.9 Å². The average molecular weight is 373 g/mol. The van der Waals surface area contributed by atoms with Crippen LogP contribution in [0.1, 0.15) is 23.6 Å². The second-order valence-electron chi connectivity index (χ2n) is 6.73. The van der Waals surface area contributed by atoms with Crippen molar-refractivity contribution in [2.75, 3.05) is 39.8 Å². The molecule has 0 aliphatic carbocycles. The molecule has 6 heteroatoms. The third-order valence-electron chi connectivity index (χ3n) is 4.78. The van der Waals surface area contributed by atoms with Crippen molar-refractivity contribution in [3.63, 3.8) is 0 Å². The summed E-state index contributed by atoms with van der Waals surface area (Å²) in [7, 11) is 2.13. The first-order chi connectivity index (χ1) is 12.6. The Hall–Kier alpha value is -1.95. The van der Waals surface area contributed by atoms with Crippen LogP contribution in [0, 0.1) is 0 Å². The van der Waals surface area contributed by atoms with E-state index in [1.807, 2.05) is 36.4 Å². The van der Waals surface area contributed by atoms with Gasteiger partial charge in [-0.2, -0.15) is 0 Å². The van der Waals surface area contributed by atoms with Gasteiger partial charge in [0.15, 0.2) is 0 Å². The van der Waals surface area contributed by atoms with Crippen molar-refractivity contribution < 1.29 is 4.79 Å². The fourth-order valence-corrected chi connectivity index (χ4v) is 3.25. The van der Waals surface area contributed by atoms with Crippen LogP contribution in [-0.4, -0.2) is 60.5 Å². The second kappa shape index (κ2) is 9.12. The quantitative estimate of drug-likeness (QED) is 0.846. The highest BCUT2D eigenvalue weighted by Crippen LogP contribution is 2.23. The zero-order valence-corrected chi connectivity index (χ0v) is 15.8. The minimum absolute atomic E-state index is 0.0488. The molecule has 1 N–H and O–H groups in total. The molecule has 0 bridgehead atoms. The van der Waals surface area contributed by atoms with E-state index < -0.39 is 0 Å². The van der Waals surface area contributed by atoms with Gasteiger partial charge in [0.2, 0.25) is 5.91 Å². The average Bonchev–Trinajstić information content (AvgIpc) is 2.67. The molecule has 1 aliphatic heterocycles. The van der Waals surface area contributed by atoms with Gasteiger partial charge >= 0.3 is 0 Å². The monoisotopic (exact) mass is 372 g/mol. The molecule has 3 rings (SSSR count). The SMILES string of the molecule is CN1CCN(CCC(=O)N[C@H](c2ccc(Cl)cc2)c2cccnc2)CC1. The summed E-state index contributed by atoms with van der Waals surface area (Å²) in [5.74, 6) is 0.0488. The summed E-state index contributed by atoms with van der Waals surface area (Å²) in [6, 6.07) is 11.2. The number of nitrogens with one attached hydrogen (secondary N) is 1. The first-order valence-electron chi connectivity index (χ1n) is 8.97. The number of piperazine rings is 1. The Bertz CT molecular complexity index is 700. The van der Waals surface area contributed by atoms with Gasteiger partial charge in [0.25, 0.3) is 0 Å². The van der Waals surface area contributed by atoms with Gasteiger partial charge in [0.1, 0.15) is 0 Å². The Kier molecular flexibility index (Phi) is 6.61. The molecule has 1 aliphatic rings. The fraction of sp³-hybridized carbons (Fsp3) is 0.400. The lowest BCUT2D eigenvalue weighted by Gasteiger charge is -2.32. The molecule has 1 saturated heterocycles. The molecule has 2 aromatic rings. The lowest BCUT2D eigenvalue weighted by molar-refractivity contribution is -0.122. The summed E-state index contributed by atoms with van der Waals surface area (Å²) in [5.41, 5.74) is 1.96. The van der Waals surface area contributed by atoms with Crippen LogP contribution in [-0.2, 0) is 4.79 Å². The minimum Gasteiger partial charge on any atom is -0.345 e. The molecule has 0 unspecified atom stereocenters. The van der Waals surface area contributed by atoms with Crippen LogP contribution in [0.5, 0.6) is 0 Å². The van der Waals surface area contributed by atoms with Crippen LogP contribution in [0.2, 0.25) is 5.02 Å². The van der Waals surface area contributed by atoms with Crippen LogP contribution in [0.25, 0.3) is 0 Å². The van der Waals surface area contributed by atoms with Crippen molar-refractivity contribution in [3.8, 4) is 0 Å². The summed E-state index contributed by atoms with van der Waals surface area (Å²) in [6.07, 6.45) is 4.02. The molecule has 2 heterocycles. The summed E-state index contributed by atoms with van der Waals surface area (Å²) in [5, 5.41) is 3.84. The Labute approximate surface area is 160 Å². The molecule has 1 fully saturated rings. The highest BCUT2D eigenvalue weighted by atomic mass is 35.5. The van der Waals surface area contributed by atoms with E-state index >= 15 is 0 Å². The number of aromatic nitrogens is 1. The first-order valence-corrected chi connectivity index (χ1v) is 9.35. The molecule has 138 valence electrons. The minimum atomic E-state index is -0.221. The van der Waals surface area contributed by atoms with Gasteiger partial charge in [-0.05, 0) is 36.4 Å². The number of amides is 1. The topological polar surface area (TPSA) is 48.5 Å². The van der Waals surface area contributed by atoms with E-state index in [1.165, 1.54) is 0 Å². The smallest absolute Gasteiger partial charge is 0.222 e. The summed E-state index contributed by atoms with van der Waals surface area (Å²) in [4.78, 5) is 21.4. The highest BCUT2D eigenvalue weighted by Gasteiger charge is 2.19. The number of carbonyl (C=O) groups is 1. The van der Waals surface area contributed by atoms with Gasteiger partial charge in [0, 0.05) is 56.6 Å². The number of hydrogen-bond acceptors (Lipinski definition) is 4. The number of hydrogen-bond donors (Lipinski definition) is 1. The van der Waals surface area contributed by atoms with E-state index in [1.54, 1.807) is 12.4 Å². The molecule has 1 aromatic carbocycles. The van der Waals surface area contributed by atoms with Crippen molar-refractivity contribution in [2.24, 2.45) is 0 Å². The largest absolute Gasteiger partial charge is 0.345 e. The molecule has 1 amide bonds. The highest BCUT2D eigenvalue weighted by molar-refractivity contribution is 6.30.